The largest absolute Gasteiger partial charge is 0.790 e. The van der Waals surface area contributed by atoms with E-state index in [1.807, 2.05) is 5.92 Å². The van der Waals surface area contributed by atoms with Gasteiger partial charge in [0.1, 0.15) is 30.1 Å². The fraction of sp³-hybridized carbons (Fsp3) is 0.484. The number of aromatic nitrogens is 8. The second-order valence-corrected chi connectivity index (χ2v) is 14.9. The lowest BCUT2D eigenvalue weighted by Gasteiger charge is -2.32. The van der Waals surface area contributed by atoms with E-state index in [-0.39, 0.29) is 53.2 Å². The number of hydrogen-bond donors (Lipinski definition) is 10. The van der Waals surface area contributed by atoms with Gasteiger partial charge < -0.3 is 101 Å². The second kappa shape index (κ2) is 26.7. The van der Waals surface area contributed by atoms with Gasteiger partial charge in [0.15, 0.2) is 57.8 Å². The number of nitrogens with two attached hydrogens (primary N) is 2. The summed E-state index contributed by atoms with van der Waals surface area (Å²) in [6.07, 6.45) is 9.30. The number of aliphatic hydroxyl groups excluding tert-OH is 6. The molecule has 4 aromatic rings. The molecular weight excluding hydrogens is 976 g/mol. The van der Waals surface area contributed by atoms with E-state index in [1.54, 1.807) is 0 Å². The van der Waals surface area contributed by atoms with Gasteiger partial charge in [0, 0.05) is 27.3 Å². The highest BCUT2D eigenvalue weighted by molar-refractivity contribution is 7.96. The summed E-state index contributed by atoms with van der Waals surface area (Å²) in [7, 11) is -3.49. The molecule has 0 bridgehead atoms. The van der Waals surface area contributed by atoms with Gasteiger partial charge in [-0.15, -0.1) is 19.3 Å². The minimum absolute atomic E-state index is 0. The van der Waals surface area contributed by atoms with Gasteiger partial charge in [-0.05, 0) is 0 Å². The maximum Gasteiger partial charge on any atom is 0.312 e. The fourth-order valence-corrected chi connectivity index (χ4v) is 6.01. The molecule has 0 aromatic carbocycles. The number of aliphatic hydroxyl groups is 6. The predicted molar refractivity (Wildman–Crippen MR) is 214 cm³/mol. The number of nitrogens with one attached hydrogen (secondary N) is 2. The lowest BCUT2D eigenvalue weighted by atomic mass is 9.99. The molecule has 7 heterocycles. The quantitative estimate of drug-likeness (QED) is 0.0271. The minimum Gasteiger partial charge on any atom is -0.790 e. The van der Waals surface area contributed by atoms with Crippen molar-refractivity contribution in [2.75, 3.05) is 31.3 Å². The van der Waals surface area contributed by atoms with E-state index < -0.39 is 102 Å². The van der Waals surface area contributed by atoms with E-state index in [1.165, 1.54) is 17.2 Å². The number of terminal acetylenes is 3. The first-order valence-electron chi connectivity index (χ1n) is 17.2. The molecule has 0 radical (unpaired) electrons. The molecule has 2 unspecified atom stereocenters. The molecule has 3 aliphatic heterocycles. The number of halogens is 2. The Balaban J connectivity index is 0.000000432. The molecule has 29 nitrogen and oxygen atoms in total. The topological polar surface area (TPSA) is 499 Å². The Labute approximate surface area is 375 Å². The number of rotatable bonds is 7. The van der Waals surface area contributed by atoms with Crippen molar-refractivity contribution < 1.29 is 97.6 Å². The van der Waals surface area contributed by atoms with Crippen LogP contribution in [-0.2, 0) is 32.8 Å². The SMILES string of the molecule is C#C[C@]1(CO)O[C@@H](n2cnc3c(N)nc(F)nc32)C[C@@H]1O.C#C[C@]1(CO)O[C@H](OP(=O)([O-])[O-])C[C@@H]1O.C#C[C@]1(CO[O-])OC(O)C[C@@H]1O.N=PP.Nc1nc(F)nc2nc[nH]c12.O.O=P[O-]. The number of fused-ring (bicyclic) bond motifs is 2. The number of nitrogen functional groups attached to an aromatic ring is 2. The summed E-state index contributed by atoms with van der Waals surface area (Å²) < 4.78 is 64.9. The van der Waals surface area contributed by atoms with E-state index in [4.69, 9.17) is 69.8 Å². The minimum atomic E-state index is -5.21. The Morgan fingerprint density at radius 1 is 0.939 bits per heavy atom. The van der Waals surface area contributed by atoms with Gasteiger partial charge in [0.25, 0.3) is 0 Å². The van der Waals surface area contributed by atoms with Crippen LogP contribution in [0, 0.1) is 54.3 Å². The zero-order chi connectivity index (χ0) is 49.3. The number of nitrogens with zero attached hydrogens (tertiary/aromatic N) is 7. The van der Waals surface area contributed by atoms with Crippen molar-refractivity contribution in [2.24, 2.45) is 0 Å². The zero-order valence-electron chi connectivity index (χ0n) is 33.2. The summed E-state index contributed by atoms with van der Waals surface area (Å²) in [6.45, 7) is -1.71. The van der Waals surface area contributed by atoms with Crippen LogP contribution in [0.5, 0.6) is 0 Å². The number of phosphoric acid groups is 1. The molecule has 0 amide bonds. The van der Waals surface area contributed by atoms with E-state index in [9.17, 15) is 48.8 Å². The fourth-order valence-electron chi connectivity index (χ4n) is 5.59. The number of ether oxygens (including phenoxy) is 3. The first-order chi connectivity index (χ1) is 30.6. The summed E-state index contributed by atoms with van der Waals surface area (Å²) in [6, 6.07) is 0. The maximum absolute atomic E-state index is 13.3. The Morgan fingerprint density at radius 3 is 1.92 bits per heavy atom. The molecule has 0 saturated carbocycles. The van der Waals surface area contributed by atoms with Crippen molar-refractivity contribution in [1.29, 1.82) is 5.16 Å². The number of imidazole rings is 2. The molecule has 0 aliphatic carbocycles. The van der Waals surface area contributed by atoms with Gasteiger partial charge in [-0.2, -0.15) is 28.7 Å². The van der Waals surface area contributed by atoms with Gasteiger partial charge >= 0.3 is 12.2 Å². The molecule has 3 saturated heterocycles. The standard InChI is InChI=1S/C12H12FN5O3.C7H11O7P.C7H10O5.C5H4FN5.H3NP2.HO2P.H2O/c1-2-12(4-19)6(20)3-7(21-12)18-5-15-8-9(14)16-11(13)17-10(8)18;1-2-7(4-8)5(9)3-6(13-7)14-15(10,11)12;1-2-7(4-11-10)5(8)3-6(9)12-7;6-5-10-3(7)2-4(11-5)9-1-8-2;2*1-3-2;/h1,5-7,19-20H,3-4H2,(H2,14,16,17);1,5-6,8-9H,3-4H2,(H2,10,11,12);1,5-6,8-10H,3-4H2;1H,(H3,7,8,9,10,11);1H,2H2;(H,1,2);1H2/p-4/t6-,7+,12+;5-,6+,7+;5-,6?,7+;;;;/m000..../s1. The summed E-state index contributed by atoms with van der Waals surface area (Å²) in [5.74, 6) is 6.33. The molecule has 10 atom stereocenters. The molecule has 3 fully saturated rings. The Morgan fingerprint density at radius 2 is 1.45 bits per heavy atom. The van der Waals surface area contributed by atoms with E-state index in [0.717, 1.165) is 0 Å². The molecule has 66 heavy (non-hydrogen) atoms. The van der Waals surface area contributed by atoms with Crippen LogP contribution >= 0.6 is 33.5 Å². The first kappa shape index (κ1) is 59.5. The maximum atomic E-state index is 13.3. The van der Waals surface area contributed by atoms with Crippen molar-refractivity contribution in [2.45, 2.75) is 73.2 Å². The van der Waals surface area contributed by atoms with Crippen LogP contribution < -0.4 is 31.4 Å². The molecule has 35 heteroatoms. The molecule has 364 valence electrons. The third-order valence-electron chi connectivity index (χ3n) is 8.66. The number of hydrogen-bond acceptors (Lipinski definition) is 26. The van der Waals surface area contributed by atoms with Crippen molar-refractivity contribution in [3.63, 3.8) is 0 Å². The Kier molecular flexibility index (Phi) is 24.1. The average molecular weight is 1020 g/mol. The molecule has 3 aliphatic rings. The number of aromatic amines is 1. The first-order valence-corrected chi connectivity index (χ1v) is 21.9. The van der Waals surface area contributed by atoms with Crippen LogP contribution in [0.2, 0.25) is 0 Å². The molecule has 0 spiro atoms. The molecule has 4 aromatic heterocycles. The van der Waals surface area contributed by atoms with Crippen LogP contribution in [0.15, 0.2) is 12.7 Å². The summed E-state index contributed by atoms with van der Waals surface area (Å²) >= 11 is 0. The van der Waals surface area contributed by atoms with E-state index in [0.29, 0.717) is 13.6 Å². The molecular formula is C31H39F2N11O18P4-4. The van der Waals surface area contributed by atoms with Crippen LogP contribution in [0.25, 0.3) is 22.3 Å². The van der Waals surface area contributed by atoms with E-state index >= 15 is 0 Å². The smallest absolute Gasteiger partial charge is 0.312 e. The predicted octanol–water partition coefficient (Wildman–Crippen LogP) is -5.47. The Bertz CT molecular complexity index is 2380. The molecule has 7 rings (SSSR count). The third kappa shape index (κ3) is 15.2. The van der Waals surface area contributed by atoms with Gasteiger partial charge in [0.2, 0.25) is 0 Å². The van der Waals surface area contributed by atoms with Crippen molar-refractivity contribution >= 4 is 67.5 Å². The number of anilines is 2. The summed E-state index contributed by atoms with van der Waals surface area (Å²) in [5, 5.41) is 71.9. The monoisotopic (exact) mass is 1020 g/mol. The Hall–Kier alpha value is -4.54. The third-order valence-corrected chi connectivity index (χ3v) is 9.15. The zero-order valence-corrected chi connectivity index (χ0v) is 37.1. The number of phosphoric ester groups is 1. The average Bonchev–Trinajstić information content (AvgIpc) is 4.06. The van der Waals surface area contributed by atoms with Crippen molar-refractivity contribution in [1.82, 2.24) is 39.5 Å². The summed E-state index contributed by atoms with van der Waals surface area (Å²) in [4.78, 5) is 56.5. The molecule has 14 N–H and O–H groups in total. The van der Waals surface area contributed by atoms with Crippen LogP contribution in [0.3, 0.4) is 0 Å². The van der Waals surface area contributed by atoms with Gasteiger partial charge in [-0.25, -0.2) is 9.97 Å². The van der Waals surface area contributed by atoms with Crippen molar-refractivity contribution in [3.8, 4) is 37.0 Å². The van der Waals surface area contributed by atoms with Gasteiger partial charge in [-0.3, -0.25) is 14.3 Å². The lowest BCUT2D eigenvalue weighted by Crippen LogP contribution is -2.44. The highest BCUT2D eigenvalue weighted by Gasteiger charge is 2.49. The van der Waals surface area contributed by atoms with Crippen LogP contribution in [0.4, 0.5) is 20.4 Å². The lowest BCUT2D eigenvalue weighted by molar-refractivity contribution is -0.693. The van der Waals surface area contributed by atoms with E-state index in [2.05, 4.69) is 65.1 Å². The number of H-pyrrole nitrogens is 1. The van der Waals surface area contributed by atoms with Crippen LogP contribution in [-0.4, -0.2) is 143 Å². The van der Waals surface area contributed by atoms with Crippen LogP contribution in [0.1, 0.15) is 25.5 Å². The summed E-state index contributed by atoms with van der Waals surface area (Å²) in [5.41, 5.74) is 7.27. The van der Waals surface area contributed by atoms with Gasteiger partial charge in [0.05, 0.1) is 49.0 Å². The second-order valence-electron chi connectivity index (χ2n) is 12.6. The van der Waals surface area contributed by atoms with Crippen molar-refractivity contribution in [3.05, 3.63) is 24.8 Å². The van der Waals surface area contributed by atoms with Gasteiger partial charge in [-0.1, -0.05) is 26.7 Å². The normalized spacial score (nSPS) is 27.4. The highest BCUT2D eigenvalue weighted by atomic mass is 32.0. The highest BCUT2D eigenvalue weighted by Crippen LogP contribution is 2.39.